The second kappa shape index (κ2) is 5.14. The maximum atomic E-state index is 6.03. The molecule has 0 bridgehead atoms. The zero-order valence-corrected chi connectivity index (χ0v) is 11.0. The molecule has 1 aliphatic heterocycles. The summed E-state index contributed by atoms with van der Waals surface area (Å²) in [6.45, 7) is 4.76. The fourth-order valence-corrected chi connectivity index (χ4v) is 2.66. The molecular formula is C13H18N4O2. The van der Waals surface area contributed by atoms with Gasteiger partial charge in [-0.1, -0.05) is 12.1 Å². The summed E-state index contributed by atoms with van der Waals surface area (Å²) in [5, 5.41) is 3.92. The lowest BCUT2D eigenvalue weighted by Crippen LogP contribution is -2.45. The van der Waals surface area contributed by atoms with E-state index >= 15 is 0 Å². The Balaban J connectivity index is 1.67. The fraction of sp³-hybridized carbons (Fsp3) is 0.538. The van der Waals surface area contributed by atoms with Gasteiger partial charge in [-0.2, -0.15) is 4.98 Å². The molecule has 0 saturated carbocycles. The van der Waals surface area contributed by atoms with Crippen LogP contribution in [0.3, 0.4) is 0 Å². The highest BCUT2D eigenvalue weighted by molar-refractivity contribution is 5.44. The van der Waals surface area contributed by atoms with Crippen LogP contribution in [0.1, 0.15) is 19.2 Å². The van der Waals surface area contributed by atoms with E-state index in [0.29, 0.717) is 29.9 Å². The van der Waals surface area contributed by atoms with Crippen molar-refractivity contribution < 1.29 is 8.94 Å². The van der Waals surface area contributed by atoms with Gasteiger partial charge in [0.05, 0.1) is 12.8 Å². The lowest BCUT2D eigenvalue weighted by atomic mass is 9.97. The largest absolute Gasteiger partial charge is 0.461 e. The molecule has 0 spiro atoms. The molecule has 102 valence electrons. The third-order valence-corrected chi connectivity index (χ3v) is 3.34. The molecule has 1 saturated heterocycles. The van der Waals surface area contributed by atoms with Crippen LogP contribution in [0.4, 0.5) is 0 Å². The Morgan fingerprint density at radius 1 is 1.47 bits per heavy atom. The van der Waals surface area contributed by atoms with Gasteiger partial charge in [-0.3, -0.25) is 4.90 Å². The van der Waals surface area contributed by atoms with Crippen LogP contribution >= 0.6 is 0 Å². The molecule has 0 aromatic carbocycles. The van der Waals surface area contributed by atoms with E-state index in [1.54, 1.807) is 12.3 Å². The first-order chi connectivity index (χ1) is 9.20. The van der Waals surface area contributed by atoms with E-state index in [9.17, 15) is 0 Å². The molecular weight excluding hydrogens is 244 g/mol. The third-order valence-electron chi connectivity index (χ3n) is 3.34. The van der Waals surface area contributed by atoms with Crippen LogP contribution in [-0.4, -0.2) is 34.2 Å². The Labute approximate surface area is 111 Å². The molecule has 1 fully saturated rings. The van der Waals surface area contributed by atoms with E-state index in [0.717, 1.165) is 19.5 Å². The first-order valence-electron chi connectivity index (χ1n) is 6.55. The molecule has 2 aromatic heterocycles. The second-order valence-electron chi connectivity index (χ2n) is 5.28. The molecule has 19 heavy (non-hydrogen) atoms. The zero-order valence-electron chi connectivity index (χ0n) is 11.0. The van der Waals surface area contributed by atoms with Gasteiger partial charge < -0.3 is 14.7 Å². The summed E-state index contributed by atoms with van der Waals surface area (Å²) < 4.78 is 10.5. The first-order valence-corrected chi connectivity index (χ1v) is 6.55. The van der Waals surface area contributed by atoms with Crippen LogP contribution in [0.15, 0.2) is 27.3 Å². The summed E-state index contributed by atoms with van der Waals surface area (Å²) in [6, 6.07) is 3.85. The number of rotatable bonds is 3. The summed E-state index contributed by atoms with van der Waals surface area (Å²) in [5.41, 5.74) is 6.03. The summed E-state index contributed by atoms with van der Waals surface area (Å²) in [7, 11) is 0. The van der Waals surface area contributed by atoms with E-state index < -0.39 is 0 Å². The Bertz CT molecular complexity index is 512. The standard InChI is InChI=1S/C13H18N4O2/c1-9-5-10(14)7-17(6-9)8-12-15-13(16-19-12)11-3-2-4-18-11/h2-4,9-10H,5-8,14H2,1H3. The number of aromatic nitrogens is 2. The van der Waals surface area contributed by atoms with E-state index in [1.807, 2.05) is 6.07 Å². The highest BCUT2D eigenvalue weighted by atomic mass is 16.5. The molecule has 2 unspecified atom stereocenters. The van der Waals surface area contributed by atoms with Crippen molar-refractivity contribution in [2.24, 2.45) is 11.7 Å². The second-order valence-corrected chi connectivity index (χ2v) is 5.28. The third kappa shape index (κ3) is 2.85. The predicted molar refractivity (Wildman–Crippen MR) is 69.0 cm³/mol. The molecule has 0 radical (unpaired) electrons. The monoisotopic (exact) mass is 262 g/mol. The lowest BCUT2D eigenvalue weighted by molar-refractivity contribution is 0.142. The Hall–Kier alpha value is -1.66. The maximum absolute atomic E-state index is 6.03. The summed E-state index contributed by atoms with van der Waals surface area (Å²) in [6.07, 6.45) is 2.68. The fourth-order valence-electron chi connectivity index (χ4n) is 2.66. The Morgan fingerprint density at radius 3 is 3.11 bits per heavy atom. The van der Waals surface area contributed by atoms with Gasteiger partial charge in [0.2, 0.25) is 11.7 Å². The van der Waals surface area contributed by atoms with Crippen molar-refractivity contribution in [3.63, 3.8) is 0 Å². The van der Waals surface area contributed by atoms with Crippen LogP contribution < -0.4 is 5.73 Å². The molecule has 2 atom stereocenters. The van der Waals surface area contributed by atoms with Gasteiger partial charge in [0.25, 0.3) is 0 Å². The zero-order chi connectivity index (χ0) is 13.2. The molecule has 1 aliphatic rings. The van der Waals surface area contributed by atoms with Gasteiger partial charge >= 0.3 is 0 Å². The molecule has 3 rings (SSSR count). The average molecular weight is 262 g/mol. The van der Waals surface area contributed by atoms with Crippen molar-refractivity contribution in [2.75, 3.05) is 13.1 Å². The summed E-state index contributed by atoms with van der Waals surface area (Å²) in [5.74, 6) is 2.33. The number of likely N-dealkylation sites (tertiary alicyclic amines) is 1. The minimum atomic E-state index is 0.233. The SMILES string of the molecule is CC1CC(N)CN(Cc2nc(-c3ccco3)no2)C1. The highest BCUT2D eigenvalue weighted by Crippen LogP contribution is 2.19. The molecule has 2 aromatic rings. The number of piperidine rings is 1. The van der Waals surface area contributed by atoms with Crippen LogP contribution in [0, 0.1) is 5.92 Å². The number of nitrogens with zero attached hydrogens (tertiary/aromatic N) is 3. The smallest absolute Gasteiger partial charge is 0.241 e. The normalized spacial score (nSPS) is 24.7. The molecule has 0 aliphatic carbocycles. The van der Waals surface area contributed by atoms with Crippen molar-refractivity contribution in [3.05, 3.63) is 24.3 Å². The van der Waals surface area contributed by atoms with E-state index in [4.69, 9.17) is 14.7 Å². The molecule has 6 nitrogen and oxygen atoms in total. The quantitative estimate of drug-likeness (QED) is 0.902. The minimum Gasteiger partial charge on any atom is -0.461 e. The van der Waals surface area contributed by atoms with E-state index in [1.165, 1.54) is 0 Å². The molecule has 3 heterocycles. The van der Waals surface area contributed by atoms with Crippen molar-refractivity contribution in [3.8, 4) is 11.6 Å². The van der Waals surface area contributed by atoms with Crippen molar-refractivity contribution >= 4 is 0 Å². The molecule has 6 heteroatoms. The topological polar surface area (TPSA) is 81.3 Å². The van der Waals surface area contributed by atoms with Crippen LogP contribution in [-0.2, 0) is 6.54 Å². The number of hydrogen-bond acceptors (Lipinski definition) is 6. The Morgan fingerprint density at radius 2 is 2.37 bits per heavy atom. The van der Waals surface area contributed by atoms with Gasteiger partial charge in [-0.15, -0.1) is 0 Å². The van der Waals surface area contributed by atoms with Crippen LogP contribution in [0.2, 0.25) is 0 Å². The van der Waals surface area contributed by atoms with Gasteiger partial charge in [-0.25, -0.2) is 0 Å². The van der Waals surface area contributed by atoms with E-state index in [-0.39, 0.29) is 6.04 Å². The van der Waals surface area contributed by atoms with Crippen molar-refractivity contribution in [2.45, 2.75) is 25.9 Å². The molecule has 2 N–H and O–H groups in total. The number of nitrogens with two attached hydrogens (primary N) is 1. The first kappa shape index (κ1) is 12.4. The summed E-state index contributed by atoms with van der Waals surface area (Å²) in [4.78, 5) is 6.61. The van der Waals surface area contributed by atoms with Crippen molar-refractivity contribution in [1.82, 2.24) is 15.0 Å². The summed E-state index contributed by atoms with van der Waals surface area (Å²) >= 11 is 0. The minimum absolute atomic E-state index is 0.233. The van der Waals surface area contributed by atoms with Crippen LogP contribution in [0.5, 0.6) is 0 Å². The highest BCUT2D eigenvalue weighted by Gasteiger charge is 2.23. The lowest BCUT2D eigenvalue weighted by Gasteiger charge is -2.33. The number of hydrogen-bond donors (Lipinski definition) is 1. The van der Waals surface area contributed by atoms with Gasteiger partial charge in [-0.05, 0) is 24.5 Å². The maximum Gasteiger partial charge on any atom is 0.241 e. The van der Waals surface area contributed by atoms with Gasteiger partial charge in [0.1, 0.15) is 0 Å². The number of furan rings is 1. The average Bonchev–Trinajstić information content (AvgIpc) is 2.96. The van der Waals surface area contributed by atoms with Crippen LogP contribution in [0.25, 0.3) is 11.6 Å². The molecule has 0 amide bonds. The predicted octanol–water partition coefficient (Wildman–Crippen LogP) is 1.50. The van der Waals surface area contributed by atoms with Gasteiger partial charge in [0, 0.05) is 19.1 Å². The van der Waals surface area contributed by atoms with Gasteiger partial charge in [0.15, 0.2) is 5.76 Å². The Kier molecular flexibility index (Phi) is 3.35. The van der Waals surface area contributed by atoms with Crippen molar-refractivity contribution in [1.29, 1.82) is 0 Å². The van der Waals surface area contributed by atoms with E-state index in [2.05, 4.69) is 22.0 Å².